The van der Waals surface area contributed by atoms with Gasteiger partial charge in [-0.1, -0.05) is 40.9 Å². The van der Waals surface area contributed by atoms with E-state index in [0.29, 0.717) is 6.07 Å². The summed E-state index contributed by atoms with van der Waals surface area (Å²) >= 11 is 17.4. The fourth-order valence-corrected chi connectivity index (χ4v) is 4.11. The molecule has 5 nitrogen and oxygen atoms in total. The number of nitrogens with zero attached hydrogens (tertiary/aromatic N) is 3. The van der Waals surface area contributed by atoms with Crippen molar-refractivity contribution in [1.82, 2.24) is 15.4 Å². The molecule has 0 aliphatic heterocycles. The van der Waals surface area contributed by atoms with Gasteiger partial charge in [-0.15, -0.1) is 0 Å². The number of allylic oxidation sites excluding steroid dienone is 1. The van der Waals surface area contributed by atoms with Crippen molar-refractivity contribution in [1.29, 1.82) is 0 Å². The van der Waals surface area contributed by atoms with Crippen LogP contribution in [0.25, 0.3) is 5.83 Å². The molecule has 2 aromatic carbocycles. The van der Waals surface area contributed by atoms with Gasteiger partial charge in [0.2, 0.25) is 5.95 Å². The molecule has 1 aromatic heterocycles. The minimum Gasteiger partial charge on any atom is -0.267 e. The third kappa shape index (κ3) is 7.35. The Bertz CT molecular complexity index is 1390. The summed E-state index contributed by atoms with van der Waals surface area (Å²) in [6.45, 7) is 3.23. The Morgan fingerprint density at radius 2 is 1.55 bits per heavy atom. The maximum absolute atomic E-state index is 15.1. The van der Waals surface area contributed by atoms with E-state index in [4.69, 9.17) is 34.8 Å². The number of rotatable bonds is 7. The molecule has 0 radical (unpaired) electrons. The predicted octanol–water partition coefficient (Wildman–Crippen LogP) is 8.67. The summed E-state index contributed by atoms with van der Waals surface area (Å²) in [5.41, 5.74) is -1.65. The smallest absolute Gasteiger partial charge is 0.267 e. The number of benzene rings is 2. The van der Waals surface area contributed by atoms with Crippen LogP contribution >= 0.6 is 34.8 Å². The maximum Gasteiger partial charge on any atom is 0.417 e. The van der Waals surface area contributed by atoms with E-state index >= 15 is 4.39 Å². The highest BCUT2D eigenvalue weighted by atomic mass is 35.5. The number of amides is 1. The molecule has 3 aromatic rings. The number of nitrogens with one attached hydrogen (secondary N) is 1. The van der Waals surface area contributed by atoms with Crippen molar-refractivity contribution < 1.29 is 35.5 Å². The molecule has 1 unspecified atom stereocenters. The highest BCUT2D eigenvalue weighted by Crippen LogP contribution is 2.42. The number of alkyl halides is 6. The average Bonchev–Trinajstić information content (AvgIpc) is 2.87. The van der Waals surface area contributed by atoms with Crippen LogP contribution in [0.2, 0.25) is 15.1 Å². The van der Waals surface area contributed by atoms with Gasteiger partial charge < -0.3 is 0 Å². The topological polar surface area (TPSA) is 58.1 Å². The summed E-state index contributed by atoms with van der Waals surface area (Å²) in [6.07, 6.45) is -7.46. The molecule has 1 amide bonds. The lowest BCUT2D eigenvalue weighted by molar-refractivity contribution is -0.140. The van der Waals surface area contributed by atoms with E-state index in [0.717, 1.165) is 23.2 Å². The number of carbonyl (C=O) groups is 1. The van der Waals surface area contributed by atoms with Gasteiger partial charge >= 0.3 is 12.4 Å². The first-order valence-corrected chi connectivity index (χ1v) is 12.3. The van der Waals surface area contributed by atoms with Gasteiger partial charge in [-0.3, -0.25) is 10.2 Å². The molecule has 0 spiro atoms. The summed E-state index contributed by atoms with van der Waals surface area (Å²) in [5, 5.41) is 0.222. The SMILES string of the molecule is CC(C)N(NC(=O)c1ccc(/C(F)=C/C(c2cc(Cl)c(Cl)c(Cl)c2)C(F)(F)F)cc1C(F)(F)F)c1ncccn1. The molecule has 15 heteroatoms. The molecular weight excluding hydrogens is 612 g/mol. The normalized spacial score (nSPS) is 13.4. The fraction of sp³-hybridized carbons (Fsp3) is 0.240. The molecular formula is C25H18Cl3F7N4O. The predicted molar refractivity (Wildman–Crippen MR) is 138 cm³/mol. The van der Waals surface area contributed by atoms with Crippen LogP contribution in [0.15, 0.2) is 54.9 Å². The first-order valence-electron chi connectivity index (χ1n) is 11.2. The minimum atomic E-state index is -5.17. The Labute approximate surface area is 238 Å². The zero-order valence-electron chi connectivity index (χ0n) is 20.4. The van der Waals surface area contributed by atoms with Crippen molar-refractivity contribution in [2.45, 2.75) is 38.2 Å². The number of carbonyl (C=O) groups excluding carboxylic acids is 1. The van der Waals surface area contributed by atoms with Gasteiger partial charge in [0, 0.05) is 24.0 Å². The zero-order valence-corrected chi connectivity index (χ0v) is 22.6. The van der Waals surface area contributed by atoms with Crippen molar-refractivity contribution in [2.75, 3.05) is 5.01 Å². The molecule has 0 aliphatic carbocycles. The Morgan fingerprint density at radius 3 is 2.05 bits per heavy atom. The lowest BCUT2D eigenvalue weighted by Crippen LogP contribution is -2.48. The Kier molecular flexibility index (Phi) is 9.58. The lowest BCUT2D eigenvalue weighted by atomic mass is 9.95. The Morgan fingerprint density at radius 1 is 0.975 bits per heavy atom. The van der Waals surface area contributed by atoms with Crippen LogP contribution in [0, 0.1) is 0 Å². The van der Waals surface area contributed by atoms with Crippen molar-refractivity contribution in [3.05, 3.63) is 92.2 Å². The van der Waals surface area contributed by atoms with Crippen LogP contribution in [0.1, 0.15) is 46.8 Å². The van der Waals surface area contributed by atoms with Crippen molar-refractivity contribution in [3.8, 4) is 0 Å². The molecule has 0 saturated heterocycles. The van der Waals surface area contributed by atoms with Crippen LogP contribution in [0.4, 0.5) is 36.7 Å². The Hall–Kier alpha value is -3.09. The van der Waals surface area contributed by atoms with Gasteiger partial charge in [0.05, 0.1) is 26.2 Å². The van der Waals surface area contributed by atoms with Gasteiger partial charge in [0.25, 0.3) is 5.91 Å². The number of hydrogen-bond donors (Lipinski definition) is 1. The minimum absolute atomic E-state index is 0.00870. The summed E-state index contributed by atoms with van der Waals surface area (Å²) in [7, 11) is 0. The van der Waals surface area contributed by atoms with Crippen LogP contribution < -0.4 is 10.4 Å². The third-order valence-electron chi connectivity index (χ3n) is 5.38. The first-order chi connectivity index (χ1) is 18.5. The number of aromatic nitrogens is 2. The van der Waals surface area contributed by atoms with E-state index in [9.17, 15) is 31.1 Å². The molecule has 214 valence electrons. The van der Waals surface area contributed by atoms with Gasteiger partial charge in [-0.25, -0.2) is 19.4 Å². The summed E-state index contributed by atoms with van der Waals surface area (Å²) in [6, 6.07) is 4.30. The van der Waals surface area contributed by atoms with E-state index in [-0.39, 0.29) is 33.2 Å². The number of hydrazine groups is 1. The van der Waals surface area contributed by atoms with Crippen molar-refractivity contribution in [3.63, 3.8) is 0 Å². The quantitative estimate of drug-likeness (QED) is 0.161. The molecule has 0 saturated carbocycles. The third-order valence-corrected chi connectivity index (χ3v) is 6.58. The van der Waals surface area contributed by atoms with Gasteiger partial charge in [0.1, 0.15) is 11.7 Å². The van der Waals surface area contributed by atoms with Crippen molar-refractivity contribution >= 4 is 52.5 Å². The summed E-state index contributed by atoms with van der Waals surface area (Å²) in [4.78, 5) is 20.8. The largest absolute Gasteiger partial charge is 0.417 e. The second-order valence-electron chi connectivity index (χ2n) is 8.54. The van der Waals surface area contributed by atoms with Gasteiger partial charge in [0.15, 0.2) is 0 Å². The van der Waals surface area contributed by atoms with Crippen LogP contribution in [-0.2, 0) is 6.18 Å². The second-order valence-corrected chi connectivity index (χ2v) is 9.74. The standard InChI is InChI=1S/C25H18Cl3F7N4O/c1-12(2)39(23-36-6-3-7-37-23)38-22(40)15-5-4-13(8-17(15)25(33,34)35)20(29)11-16(24(30,31)32)14-9-18(26)21(28)19(27)10-14/h3-12,16H,1-2H3,(H,38,40)/b20-11-. The van der Waals surface area contributed by atoms with Crippen molar-refractivity contribution in [2.24, 2.45) is 0 Å². The average molecular weight is 630 g/mol. The molecule has 3 rings (SSSR count). The van der Waals surface area contributed by atoms with E-state index in [1.54, 1.807) is 13.8 Å². The number of hydrogen-bond acceptors (Lipinski definition) is 4. The molecule has 0 bridgehead atoms. The van der Waals surface area contributed by atoms with Gasteiger partial charge in [-0.05, 0) is 55.8 Å². The number of anilines is 1. The maximum atomic E-state index is 15.1. The summed E-state index contributed by atoms with van der Waals surface area (Å²) in [5.74, 6) is -5.51. The monoisotopic (exact) mass is 628 g/mol. The first kappa shape index (κ1) is 31.4. The van der Waals surface area contributed by atoms with Crippen LogP contribution in [0.5, 0.6) is 0 Å². The number of halogens is 10. The lowest BCUT2D eigenvalue weighted by Gasteiger charge is -2.27. The van der Waals surface area contributed by atoms with E-state index in [1.165, 1.54) is 18.5 Å². The van der Waals surface area contributed by atoms with Gasteiger partial charge in [-0.2, -0.15) is 26.3 Å². The van der Waals surface area contributed by atoms with E-state index in [2.05, 4.69) is 15.4 Å². The molecule has 1 N–H and O–H groups in total. The Balaban J connectivity index is 2.04. The fourth-order valence-electron chi connectivity index (χ4n) is 3.50. The molecule has 0 aliphatic rings. The van der Waals surface area contributed by atoms with Crippen LogP contribution in [-0.4, -0.2) is 28.1 Å². The van der Waals surface area contributed by atoms with E-state index < -0.39 is 58.3 Å². The highest BCUT2D eigenvalue weighted by molar-refractivity contribution is 6.48. The molecule has 1 heterocycles. The summed E-state index contributed by atoms with van der Waals surface area (Å²) < 4.78 is 98.4. The molecule has 0 fully saturated rings. The van der Waals surface area contributed by atoms with Crippen LogP contribution in [0.3, 0.4) is 0 Å². The molecule has 40 heavy (non-hydrogen) atoms. The second kappa shape index (κ2) is 12.2. The zero-order chi connectivity index (χ0) is 30.0. The molecule has 1 atom stereocenters. The van der Waals surface area contributed by atoms with E-state index in [1.807, 2.05) is 0 Å². The highest BCUT2D eigenvalue weighted by Gasteiger charge is 2.41.